The summed E-state index contributed by atoms with van der Waals surface area (Å²) in [6, 6.07) is 7.28. The molecule has 1 aromatic rings. The van der Waals surface area contributed by atoms with Crippen LogP contribution in [0.4, 0.5) is 0 Å². The van der Waals surface area contributed by atoms with Crippen molar-refractivity contribution < 1.29 is 18.3 Å². The Morgan fingerprint density at radius 2 is 2.16 bits per heavy atom. The Kier molecular flexibility index (Phi) is 3.55. The normalized spacial score (nSPS) is 17.2. The van der Waals surface area contributed by atoms with Gasteiger partial charge < -0.3 is 5.11 Å². The summed E-state index contributed by atoms with van der Waals surface area (Å²) in [5.74, 6) is -1.22. The Morgan fingerprint density at radius 1 is 1.42 bits per heavy atom. The number of carboxylic acid groups (broad SMARTS) is 1. The zero-order valence-corrected chi connectivity index (χ0v) is 10.7. The topological polar surface area (TPSA) is 98.5 Å². The van der Waals surface area contributed by atoms with Gasteiger partial charge in [0.2, 0.25) is 10.0 Å². The molecule has 1 saturated heterocycles. The lowest BCUT2D eigenvalue weighted by molar-refractivity contribution is -0.136. The van der Waals surface area contributed by atoms with Crippen molar-refractivity contribution in [1.29, 1.82) is 5.26 Å². The van der Waals surface area contributed by atoms with Gasteiger partial charge in [-0.1, -0.05) is 6.07 Å². The molecule has 1 aliphatic rings. The van der Waals surface area contributed by atoms with Gasteiger partial charge in [0, 0.05) is 6.54 Å². The summed E-state index contributed by atoms with van der Waals surface area (Å²) in [4.78, 5) is 11.0. The van der Waals surface area contributed by atoms with Crippen molar-refractivity contribution in [3.05, 3.63) is 35.9 Å². The third-order valence-corrected chi connectivity index (χ3v) is 4.71. The number of sulfonamides is 1. The largest absolute Gasteiger partial charge is 0.480 e. The minimum absolute atomic E-state index is 0.0628. The molecular weight excluding hydrogens is 268 g/mol. The second-order valence-electron chi connectivity index (χ2n) is 4.07. The van der Waals surface area contributed by atoms with Crippen LogP contribution < -0.4 is 0 Å². The Labute approximate surface area is 110 Å². The highest BCUT2D eigenvalue weighted by Crippen LogP contribution is 2.31. The summed E-state index contributed by atoms with van der Waals surface area (Å²) in [6.07, 6.45) is 0.714. The number of hydrogen-bond acceptors (Lipinski definition) is 4. The van der Waals surface area contributed by atoms with Crippen LogP contribution in [0.25, 0.3) is 0 Å². The number of carboxylic acids is 1. The van der Waals surface area contributed by atoms with Gasteiger partial charge in [0.05, 0.1) is 16.5 Å². The van der Waals surface area contributed by atoms with Crippen molar-refractivity contribution in [3.63, 3.8) is 0 Å². The first-order valence-corrected chi connectivity index (χ1v) is 7.03. The molecule has 7 heteroatoms. The van der Waals surface area contributed by atoms with Crippen LogP contribution in [0.1, 0.15) is 18.4 Å². The van der Waals surface area contributed by atoms with Crippen molar-refractivity contribution in [1.82, 2.24) is 4.31 Å². The van der Waals surface area contributed by atoms with E-state index in [0.717, 1.165) is 4.31 Å². The summed E-state index contributed by atoms with van der Waals surface area (Å²) in [6.45, 7) is 0.154. The maximum absolute atomic E-state index is 12.3. The smallest absolute Gasteiger partial charge is 0.327 e. The lowest BCUT2D eigenvalue weighted by Gasteiger charge is -2.20. The second kappa shape index (κ2) is 4.99. The van der Waals surface area contributed by atoms with Gasteiger partial charge in [0.25, 0.3) is 0 Å². The average molecular weight is 279 g/mol. The highest BCUT2D eigenvalue weighted by atomic mass is 32.2. The van der Waals surface area contributed by atoms with Crippen molar-refractivity contribution >= 4 is 16.0 Å². The van der Waals surface area contributed by atoms with E-state index in [4.69, 9.17) is 10.4 Å². The molecule has 99 valence electrons. The molecule has 0 atom stereocenters. The summed E-state index contributed by atoms with van der Waals surface area (Å²) in [5.41, 5.74) is 0.220. The zero-order chi connectivity index (χ0) is 14.0. The third-order valence-electron chi connectivity index (χ3n) is 2.87. The number of benzene rings is 1. The molecule has 1 aromatic carbocycles. The monoisotopic (exact) mass is 279 g/mol. The van der Waals surface area contributed by atoms with Crippen molar-refractivity contribution in [2.45, 2.75) is 17.7 Å². The van der Waals surface area contributed by atoms with E-state index >= 15 is 0 Å². The first-order chi connectivity index (χ1) is 8.96. The van der Waals surface area contributed by atoms with Crippen LogP contribution in [0.3, 0.4) is 0 Å². The number of rotatable bonds is 3. The highest BCUT2D eigenvalue weighted by Gasteiger charge is 2.40. The second-order valence-corrected chi connectivity index (χ2v) is 5.93. The fourth-order valence-electron chi connectivity index (χ4n) is 1.98. The van der Waals surface area contributed by atoms with Crippen LogP contribution in [-0.2, 0) is 14.8 Å². The van der Waals surface area contributed by atoms with E-state index in [0.29, 0.717) is 6.42 Å². The predicted molar refractivity (Wildman–Crippen MR) is 65.2 cm³/mol. The Morgan fingerprint density at radius 3 is 2.79 bits per heavy atom. The average Bonchev–Trinajstić information content (AvgIpc) is 2.89. The Bertz CT molecular complexity index is 648. The summed E-state index contributed by atoms with van der Waals surface area (Å²) >= 11 is 0. The lowest BCUT2D eigenvalue weighted by Crippen LogP contribution is -2.34. The van der Waals surface area contributed by atoms with Crippen LogP contribution in [-0.4, -0.2) is 30.3 Å². The Balaban J connectivity index is 2.42. The van der Waals surface area contributed by atoms with E-state index in [9.17, 15) is 13.2 Å². The Hall–Kier alpha value is -1.91. The molecule has 0 spiro atoms. The molecule has 0 aliphatic carbocycles. The predicted octanol–water partition coefficient (Wildman–Crippen LogP) is 0.959. The van der Waals surface area contributed by atoms with Crippen molar-refractivity contribution in [3.8, 4) is 6.07 Å². The molecule has 1 N–H and O–H groups in total. The molecular formula is C12H11N2O4S. The first kappa shape index (κ1) is 13.5. The third kappa shape index (κ3) is 2.45. The highest BCUT2D eigenvalue weighted by molar-refractivity contribution is 7.89. The van der Waals surface area contributed by atoms with E-state index in [2.05, 4.69) is 0 Å². The minimum atomic E-state index is -3.90. The van der Waals surface area contributed by atoms with Crippen LogP contribution in [0, 0.1) is 17.4 Å². The number of aliphatic carboxylic acids is 1. The van der Waals surface area contributed by atoms with Gasteiger partial charge in [-0.3, -0.25) is 4.79 Å². The molecule has 0 bridgehead atoms. The van der Waals surface area contributed by atoms with Crippen molar-refractivity contribution in [2.24, 2.45) is 0 Å². The molecule has 6 nitrogen and oxygen atoms in total. The summed E-state index contributed by atoms with van der Waals surface area (Å²) < 4.78 is 25.6. The molecule has 0 saturated carbocycles. The van der Waals surface area contributed by atoms with E-state index in [1.54, 1.807) is 0 Å². The minimum Gasteiger partial charge on any atom is -0.480 e. The fourth-order valence-corrected chi connectivity index (χ4v) is 3.59. The summed E-state index contributed by atoms with van der Waals surface area (Å²) in [5, 5.41) is 17.8. The number of carbonyl (C=O) groups is 1. The van der Waals surface area contributed by atoms with Crippen LogP contribution in [0.15, 0.2) is 29.2 Å². The SMILES string of the molecule is N#Cc1cccc(S(=O)(=O)N2CCC[C]2C(=O)O)c1. The standard InChI is InChI=1S/C12H11N2O4S/c13-8-9-3-1-4-10(7-9)19(17,18)14-6-2-5-11(14)12(15)16/h1,3-4,7H,2,5-6H2,(H,15,16). The van der Waals surface area contributed by atoms with E-state index < -0.39 is 16.0 Å². The van der Waals surface area contributed by atoms with E-state index in [1.807, 2.05) is 6.07 Å². The van der Waals surface area contributed by atoms with E-state index in [-0.39, 0.29) is 29.5 Å². The molecule has 0 amide bonds. The molecule has 1 heterocycles. The van der Waals surface area contributed by atoms with Gasteiger partial charge in [-0.05, 0) is 31.0 Å². The molecule has 0 aromatic heterocycles. The van der Waals surface area contributed by atoms with Crippen LogP contribution >= 0.6 is 0 Å². The van der Waals surface area contributed by atoms with Gasteiger partial charge in [-0.15, -0.1) is 0 Å². The molecule has 0 unspecified atom stereocenters. The quantitative estimate of drug-likeness (QED) is 0.888. The number of hydrogen-bond donors (Lipinski definition) is 1. The molecule has 2 rings (SSSR count). The lowest BCUT2D eigenvalue weighted by atomic mass is 10.2. The molecule has 1 radical (unpaired) electrons. The fraction of sp³-hybridized carbons (Fsp3) is 0.250. The van der Waals surface area contributed by atoms with Gasteiger partial charge in [0.1, 0.15) is 0 Å². The first-order valence-electron chi connectivity index (χ1n) is 5.59. The van der Waals surface area contributed by atoms with Gasteiger partial charge in [0.15, 0.2) is 6.04 Å². The van der Waals surface area contributed by atoms with Crippen LogP contribution in [0.5, 0.6) is 0 Å². The maximum Gasteiger partial charge on any atom is 0.327 e. The van der Waals surface area contributed by atoms with Gasteiger partial charge in [-0.25, -0.2) is 8.42 Å². The van der Waals surface area contributed by atoms with Crippen LogP contribution in [0.2, 0.25) is 0 Å². The van der Waals surface area contributed by atoms with Gasteiger partial charge in [-0.2, -0.15) is 9.57 Å². The number of nitrogens with zero attached hydrogens (tertiary/aromatic N) is 2. The molecule has 19 heavy (non-hydrogen) atoms. The zero-order valence-electron chi connectivity index (χ0n) is 9.91. The van der Waals surface area contributed by atoms with E-state index in [1.165, 1.54) is 24.3 Å². The van der Waals surface area contributed by atoms with Gasteiger partial charge >= 0.3 is 5.97 Å². The van der Waals surface area contributed by atoms with Crippen molar-refractivity contribution in [2.75, 3.05) is 6.54 Å². The summed E-state index contributed by atoms with van der Waals surface area (Å²) in [7, 11) is -3.90. The molecule has 1 aliphatic heterocycles. The molecule has 1 fully saturated rings. The number of nitriles is 1. The maximum atomic E-state index is 12.3.